The monoisotopic (exact) mass is 239 g/mol. The molecule has 0 amide bonds. The van der Waals surface area contributed by atoms with E-state index in [4.69, 9.17) is 4.74 Å². The molecule has 3 saturated heterocycles. The summed E-state index contributed by atoms with van der Waals surface area (Å²) in [5.41, 5.74) is 0. The smallest absolute Gasteiger partial charge is 0.137 e. The Labute approximate surface area is 104 Å². The van der Waals surface area contributed by atoms with Crippen LogP contribution in [0.2, 0.25) is 0 Å². The van der Waals surface area contributed by atoms with Crippen molar-refractivity contribution in [3.05, 3.63) is 0 Å². The molecule has 4 nitrogen and oxygen atoms in total. The summed E-state index contributed by atoms with van der Waals surface area (Å²) in [4.78, 5) is 7.72. The van der Waals surface area contributed by atoms with Gasteiger partial charge in [-0.3, -0.25) is 9.80 Å². The average molecular weight is 239 g/mol. The van der Waals surface area contributed by atoms with Crippen molar-refractivity contribution in [2.45, 2.75) is 38.6 Å². The summed E-state index contributed by atoms with van der Waals surface area (Å²) in [5.74, 6) is 0. The van der Waals surface area contributed by atoms with Gasteiger partial charge in [-0.05, 0) is 13.0 Å². The van der Waals surface area contributed by atoms with Crippen molar-refractivity contribution in [3.63, 3.8) is 0 Å². The molecule has 98 valence electrons. The quantitative estimate of drug-likeness (QED) is 0.664. The first-order valence-corrected chi connectivity index (χ1v) is 7.17. The largest absolute Gasteiger partial charge is 0.353 e. The number of hydrogen-bond acceptors (Lipinski definition) is 4. The van der Waals surface area contributed by atoms with Gasteiger partial charge in [0.25, 0.3) is 0 Å². The lowest BCUT2D eigenvalue weighted by molar-refractivity contribution is -0.00129. The molecule has 1 unspecified atom stereocenters. The zero-order valence-corrected chi connectivity index (χ0v) is 11.1. The normalized spacial score (nSPS) is 37.1. The summed E-state index contributed by atoms with van der Waals surface area (Å²) in [7, 11) is 0. The zero-order valence-electron chi connectivity index (χ0n) is 11.1. The summed E-state index contributed by atoms with van der Waals surface area (Å²) < 4.78 is 5.68. The van der Waals surface area contributed by atoms with E-state index in [1.54, 1.807) is 0 Å². The topological polar surface area (TPSA) is 22.2 Å². The predicted molar refractivity (Wildman–Crippen MR) is 68.0 cm³/mol. The van der Waals surface area contributed by atoms with Gasteiger partial charge in [0.05, 0.1) is 6.10 Å². The summed E-state index contributed by atoms with van der Waals surface area (Å²) in [5, 5.41) is 0. The van der Waals surface area contributed by atoms with E-state index in [1.807, 2.05) is 0 Å². The minimum absolute atomic E-state index is 0.454. The molecule has 0 aromatic heterocycles. The van der Waals surface area contributed by atoms with Gasteiger partial charge in [0.2, 0.25) is 0 Å². The van der Waals surface area contributed by atoms with E-state index in [2.05, 4.69) is 28.5 Å². The highest BCUT2D eigenvalue weighted by atomic mass is 16.6. The molecule has 0 N–H and O–H groups in total. The Morgan fingerprint density at radius 1 is 1.00 bits per heavy atom. The number of epoxide rings is 1. The maximum absolute atomic E-state index is 5.68. The van der Waals surface area contributed by atoms with E-state index >= 15 is 0 Å². The first-order chi connectivity index (χ1) is 8.31. The lowest BCUT2D eigenvalue weighted by atomic mass is 10.1. The third-order valence-electron chi connectivity index (χ3n) is 4.57. The number of ether oxygens (including phenoxy) is 1. The summed E-state index contributed by atoms with van der Waals surface area (Å²) in [6.45, 7) is 13.1. The molecule has 4 heteroatoms. The molecule has 0 aromatic rings. The van der Waals surface area contributed by atoms with E-state index < -0.39 is 0 Å². The number of nitrogens with zero attached hydrogens (tertiary/aromatic N) is 3. The lowest BCUT2D eigenvalue weighted by Gasteiger charge is -2.47. The number of likely N-dealkylation sites (tertiary alicyclic amines) is 1. The summed E-state index contributed by atoms with van der Waals surface area (Å²) >= 11 is 0. The highest BCUT2D eigenvalue weighted by molar-refractivity contribution is 4.92. The predicted octanol–water partition coefficient (Wildman–Crippen LogP) is 0.443. The molecular weight excluding hydrogens is 214 g/mol. The van der Waals surface area contributed by atoms with Crippen molar-refractivity contribution in [1.29, 1.82) is 0 Å². The van der Waals surface area contributed by atoms with Crippen LogP contribution in [0.3, 0.4) is 0 Å². The van der Waals surface area contributed by atoms with E-state index in [1.165, 1.54) is 52.2 Å². The Morgan fingerprint density at radius 2 is 1.65 bits per heavy atom. The van der Waals surface area contributed by atoms with Crippen LogP contribution in [0, 0.1) is 0 Å². The SMILES string of the molecule is CCC1O[C@H]1N1CCN(C2CN(CC)C2)CC1. The van der Waals surface area contributed by atoms with Gasteiger partial charge in [-0.1, -0.05) is 13.8 Å². The van der Waals surface area contributed by atoms with Gasteiger partial charge < -0.3 is 9.64 Å². The van der Waals surface area contributed by atoms with Crippen LogP contribution in [0.15, 0.2) is 0 Å². The second-order valence-corrected chi connectivity index (χ2v) is 5.55. The van der Waals surface area contributed by atoms with Gasteiger partial charge in [0.1, 0.15) is 6.23 Å². The van der Waals surface area contributed by atoms with Gasteiger partial charge in [-0.15, -0.1) is 0 Å². The molecule has 3 aliphatic heterocycles. The van der Waals surface area contributed by atoms with Crippen molar-refractivity contribution < 1.29 is 4.74 Å². The van der Waals surface area contributed by atoms with Gasteiger partial charge in [0.15, 0.2) is 0 Å². The van der Waals surface area contributed by atoms with E-state index in [0.29, 0.717) is 12.3 Å². The third-order valence-corrected chi connectivity index (χ3v) is 4.57. The van der Waals surface area contributed by atoms with Crippen LogP contribution in [0.5, 0.6) is 0 Å². The van der Waals surface area contributed by atoms with Crippen LogP contribution in [0.25, 0.3) is 0 Å². The molecule has 3 fully saturated rings. The standard InChI is InChI=1S/C13H25N3O/c1-3-12-13(17-12)16-7-5-15(6-8-16)11-9-14(4-2)10-11/h11-13H,3-10H2,1-2H3/t12?,13-/m1/s1. The van der Waals surface area contributed by atoms with Gasteiger partial charge in [-0.25, -0.2) is 0 Å². The number of piperazine rings is 1. The van der Waals surface area contributed by atoms with Crippen LogP contribution >= 0.6 is 0 Å². The zero-order chi connectivity index (χ0) is 11.8. The Hall–Kier alpha value is -0.160. The van der Waals surface area contributed by atoms with Crippen LogP contribution in [-0.4, -0.2) is 78.9 Å². The van der Waals surface area contributed by atoms with Crippen molar-refractivity contribution >= 4 is 0 Å². The maximum Gasteiger partial charge on any atom is 0.137 e. The molecular formula is C13H25N3O. The highest BCUT2D eigenvalue weighted by Gasteiger charge is 2.43. The number of hydrogen-bond donors (Lipinski definition) is 0. The molecule has 2 atom stereocenters. The Kier molecular flexibility index (Phi) is 3.39. The lowest BCUT2D eigenvalue weighted by Crippen LogP contribution is -2.63. The summed E-state index contributed by atoms with van der Waals surface area (Å²) in [6.07, 6.45) is 2.15. The molecule has 3 aliphatic rings. The summed E-state index contributed by atoms with van der Waals surface area (Å²) in [6, 6.07) is 0.833. The van der Waals surface area contributed by atoms with Crippen LogP contribution in [0.4, 0.5) is 0 Å². The Morgan fingerprint density at radius 3 is 2.18 bits per heavy atom. The minimum Gasteiger partial charge on any atom is -0.353 e. The maximum atomic E-state index is 5.68. The van der Waals surface area contributed by atoms with Crippen LogP contribution in [-0.2, 0) is 4.74 Å². The fourth-order valence-corrected chi connectivity index (χ4v) is 3.14. The fourth-order valence-electron chi connectivity index (χ4n) is 3.14. The number of likely N-dealkylation sites (N-methyl/N-ethyl adjacent to an activating group) is 1. The average Bonchev–Trinajstić information content (AvgIpc) is 3.08. The molecule has 3 rings (SSSR count). The van der Waals surface area contributed by atoms with Gasteiger partial charge >= 0.3 is 0 Å². The van der Waals surface area contributed by atoms with E-state index in [9.17, 15) is 0 Å². The first kappa shape index (κ1) is 11.9. The van der Waals surface area contributed by atoms with Crippen molar-refractivity contribution in [2.24, 2.45) is 0 Å². The molecule has 0 saturated carbocycles. The molecule has 0 bridgehead atoms. The molecule has 0 radical (unpaired) electrons. The van der Waals surface area contributed by atoms with E-state index in [0.717, 1.165) is 6.04 Å². The number of rotatable bonds is 4. The Bertz CT molecular complexity index is 259. The van der Waals surface area contributed by atoms with Crippen LogP contribution in [0.1, 0.15) is 20.3 Å². The molecule has 0 aromatic carbocycles. The van der Waals surface area contributed by atoms with Crippen molar-refractivity contribution in [2.75, 3.05) is 45.8 Å². The Balaban J connectivity index is 1.40. The minimum atomic E-state index is 0.454. The molecule has 17 heavy (non-hydrogen) atoms. The second kappa shape index (κ2) is 4.84. The van der Waals surface area contributed by atoms with Crippen LogP contribution < -0.4 is 0 Å². The molecule has 0 aliphatic carbocycles. The first-order valence-electron chi connectivity index (χ1n) is 7.17. The van der Waals surface area contributed by atoms with Gasteiger partial charge in [-0.2, -0.15) is 0 Å². The third kappa shape index (κ3) is 2.36. The molecule has 3 heterocycles. The van der Waals surface area contributed by atoms with Crippen molar-refractivity contribution in [3.8, 4) is 0 Å². The van der Waals surface area contributed by atoms with Crippen molar-refractivity contribution in [1.82, 2.24) is 14.7 Å². The fraction of sp³-hybridized carbons (Fsp3) is 1.00. The second-order valence-electron chi connectivity index (χ2n) is 5.55. The molecule has 0 spiro atoms. The highest BCUT2D eigenvalue weighted by Crippen LogP contribution is 2.29. The van der Waals surface area contributed by atoms with E-state index in [-0.39, 0.29) is 0 Å². The van der Waals surface area contributed by atoms with Gasteiger partial charge in [0, 0.05) is 45.3 Å².